The highest BCUT2D eigenvalue weighted by Crippen LogP contribution is 2.44. The Balaban J connectivity index is 1.08. The molecule has 254 valence electrons. The third kappa shape index (κ3) is 7.59. The maximum atomic E-state index is 12.2. The largest absolute Gasteiger partial charge is 0.497 e. The van der Waals surface area contributed by atoms with Gasteiger partial charge in [-0.2, -0.15) is 0 Å². The molecule has 2 aromatic heterocycles. The van der Waals surface area contributed by atoms with E-state index in [1.165, 1.54) is 6.33 Å². The van der Waals surface area contributed by atoms with Gasteiger partial charge in [0.2, 0.25) is 0 Å². The Morgan fingerprint density at radius 3 is 2.42 bits per heavy atom. The van der Waals surface area contributed by atoms with Crippen molar-refractivity contribution in [3.63, 3.8) is 0 Å². The Hall–Kier alpha value is -4.99. The Kier molecular flexibility index (Phi) is 9.89. The number of nitrogens with zero attached hydrogens (tertiary/aromatic N) is 4. The van der Waals surface area contributed by atoms with Crippen LogP contribution in [0.1, 0.15) is 38.1 Å². The molecular formula is C33H38N6O9. The highest BCUT2D eigenvalue weighted by molar-refractivity contribution is 5.82. The van der Waals surface area contributed by atoms with Crippen molar-refractivity contribution >= 4 is 29.0 Å². The van der Waals surface area contributed by atoms with E-state index in [1.54, 1.807) is 24.9 Å². The third-order valence-electron chi connectivity index (χ3n) is 7.77. The smallest absolute Gasteiger partial charge is 0.407 e. The lowest BCUT2D eigenvalue weighted by atomic mass is 10.1. The van der Waals surface area contributed by atoms with Gasteiger partial charge in [-0.15, -0.1) is 0 Å². The molecule has 15 nitrogen and oxygen atoms in total. The van der Waals surface area contributed by atoms with Crippen LogP contribution in [0.5, 0.6) is 11.5 Å². The summed E-state index contributed by atoms with van der Waals surface area (Å²) in [7, 11) is 1.64. The molecule has 15 heteroatoms. The first kappa shape index (κ1) is 32.9. The average Bonchev–Trinajstić information content (AvgIpc) is 3.76. The van der Waals surface area contributed by atoms with Gasteiger partial charge in [-0.1, -0.05) is 24.3 Å². The number of nitrogens with one attached hydrogen (secondary N) is 2. The highest BCUT2D eigenvalue weighted by atomic mass is 16.8. The molecule has 2 fully saturated rings. The first-order valence-corrected chi connectivity index (χ1v) is 15.6. The van der Waals surface area contributed by atoms with Gasteiger partial charge in [0.15, 0.2) is 29.0 Å². The lowest BCUT2D eigenvalue weighted by Gasteiger charge is -2.24. The SMILES string of the molecule is CCOC(=O)CNC(=O)OCC1OC(n2cnc3c(NCc4ccc(OCc5ccc(OC)cc5)cc4)ncnc32)C2OC(C)(C)OC12. The van der Waals surface area contributed by atoms with Crippen LogP contribution in [0.15, 0.2) is 61.2 Å². The van der Waals surface area contributed by atoms with Crippen LogP contribution in [0.3, 0.4) is 0 Å². The van der Waals surface area contributed by atoms with Gasteiger partial charge in [0, 0.05) is 6.54 Å². The Labute approximate surface area is 276 Å². The number of methoxy groups -OCH3 is 1. The maximum Gasteiger partial charge on any atom is 0.407 e. The minimum Gasteiger partial charge on any atom is -0.497 e. The molecule has 2 saturated heterocycles. The van der Waals surface area contributed by atoms with Crippen LogP contribution in [-0.4, -0.2) is 82.5 Å². The van der Waals surface area contributed by atoms with E-state index in [1.807, 2.05) is 62.4 Å². The van der Waals surface area contributed by atoms with Gasteiger partial charge in [-0.05, 0) is 56.2 Å². The number of amides is 1. The van der Waals surface area contributed by atoms with Crippen molar-refractivity contribution in [2.24, 2.45) is 0 Å². The van der Waals surface area contributed by atoms with Crippen LogP contribution >= 0.6 is 0 Å². The molecule has 4 aromatic rings. The Morgan fingerprint density at radius 1 is 0.938 bits per heavy atom. The van der Waals surface area contributed by atoms with Crippen LogP contribution in [0, 0.1) is 0 Å². The summed E-state index contributed by atoms with van der Waals surface area (Å²) in [6.07, 6.45) is -0.118. The van der Waals surface area contributed by atoms with E-state index < -0.39 is 42.4 Å². The number of anilines is 1. The molecule has 2 aromatic carbocycles. The number of hydrogen-bond acceptors (Lipinski definition) is 13. The summed E-state index contributed by atoms with van der Waals surface area (Å²) in [6.45, 7) is 6.01. The zero-order valence-electron chi connectivity index (χ0n) is 27.1. The number of rotatable bonds is 13. The van der Waals surface area contributed by atoms with Crippen molar-refractivity contribution in [1.29, 1.82) is 0 Å². The Bertz CT molecular complexity index is 1710. The molecule has 0 aliphatic carbocycles. The summed E-state index contributed by atoms with van der Waals surface area (Å²) < 4.78 is 41.7. The van der Waals surface area contributed by atoms with Crippen molar-refractivity contribution in [3.8, 4) is 11.5 Å². The van der Waals surface area contributed by atoms with Gasteiger partial charge in [0.1, 0.15) is 55.9 Å². The Morgan fingerprint density at radius 2 is 1.67 bits per heavy atom. The third-order valence-corrected chi connectivity index (χ3v) is 7.77. The number of imidazole rings is 1. The number of ether oxygens (including phenoxy) is 7. The second kappa shape index (κ2) is 14.4. The molecule has 1 amide bonds. The zero-order valence-corrected chi connectivity index (χ0v) is 27.1. The van der Waals surface area contributed by atoms with E-state index in [4.69, 9.17) is 33.2 Å². The molecular weight excluding hydrogens is 624 g/mol. The van der Waals surface area contributed by atoms with E-state index in [0.29, 0.717) is 30.1 Å². The van der Waals surface area contributed by atoms with Gasteiger partial charge < -0.3 is 43.8 Å². The van der Waals surface area contributed by atoms with E-state index in [9.17, 15) is 9.59 Å². The standard InChI is InChI=1S/C33H38N6O9/c1-5-43-25(40)15-35-32(41)45-17-24-27-28(48-33(2,3)47-27)31(46-24)39-19-38-26-29(36-18-37-30(26)39)34-14-20-6-12-23(13-7-20)44-16-21-8-10-22(42-4)11-9-21/h6-13,18-19,24,27-28,31H,5,14-17H2,1-4H3,(H,35,41)(H,34,36,37). The van der Waals surface area contributed by atoms with Crippen LogP contribution in [0.4, 0.5) is 10.6 Å². The summed E-state index contributed by atoms with van der Waals surface area (Å²) in [6, 6.07) is 15.6. The van der Waals surface area contributed by atoms with Crippen molar-refractivity contribution < 1.29 is 42.7 Å². The number of hydrogen-bond donors (Lipinski definition) is 2. The van der Waals surface area contributed by atoms with Crippen LogP contribution in [0.25, 0.3) is 11.2 Å². The van der Waals surface area contributed by atoms with Crippen LogP contribution < -0.4 is 20.1 Å². The van der Waals surface area contributed by atoms with Crippen LogP contribution in [-0.2, 0) is 41.6 Å². The molecule has 0 radical (unpaired) electrons. The lowest BCUT2D eigenvalue weighted by Crippen LogP contribution is -2.37. The van der Waals surface area contributed by atoms with Gasteiger partial charge in [-0.3, -0.25) is 9.36 Å². The molecule has 4 unspecified atom stereocenters. The van der Waals surface area contributed by atoms with E-state index in [0.717, 1.165) is 22.6 Å². The fourth-order valence-corrected chi connectivity index (χ4v) is 5.53. The van der Waals surface area contributed by atoms with Gasteiger partial charge in [0.05, 0.1) is 20.0 Å². The van der Waals surface area contributed by atoms with Gasteiger partial charge in [0.25, 0.3) is 0 Å². The van der Waals surface area contributed by atoms with Gasteiger partial charge >= 0.3 is 12.1 Å². The highest BCUT2D eigenvalue weighted by Gasteiger charge is 2.56. The molecule has 0 spiro atoms. The second-order valence-electron chi connectivity index (χ2n) is 11.6. The topological polar surface area (TPSA) is 166 Å². The first-order valence-electron chi connectivity index (χ1n) is 15.6. The van der Waals surface area contributed by atoms with Crippen molar-refractivity contribution in [2.45, 2.75) is 64.2 Å². The number of esters is 1. The zero-order chi connectivity index (χ0) is 33.7. The fourth-order valence-electron chi connectivity index (χ4n) is 5.53. The van der Waals surface area contributed by atoms with Crippen molar-refractivity contribution in [3.05, 3.63) is 72.3 Å². The second-order valence-corrected chi connectivity index (χ2v) is 11.6. The minimum atomic E-state index is -0.893. The summed E-state index contributed by atoms with van der Waals surface area (Å²) in [5.74, 6) is 0.659. The molecule has 4 atom stereocenters. The first-order chi connectivity index (χ1) is 23.2. The molecule has 2 N–H and O–H groups in total. The van der Waals surface area contributed by atoms with E-state index >= 15 is 0 Å². The number of benzene rings is 2. The molecule has 48 heavy (non-hydrogen) atoms. The van der Waals surface area contributed by atoms with Gasteiger partial charge in [-0.25, -0.2) is 19.7 Å². The van der Waals surface area contributed by atoms with Crippen molar-refractivity contribution in [1.82, 2.24) is 24.8 Å². The fraction of sp³-hybridized carbons (Fsp3) is 0.424. The van der Waals surface area contributed by atoms with E-state index in [2.05, 4.69) is 25.6 Å². The summed E-state index contributed by atoms with van der Waals surface area (Å²) >= 11 is 0. The molecule has 2 aliphatic heterocycles. The van der Waals surface area contributed by atoms with E-state index in [-0.39, 0.29) is 19.8 Å². The predicted octanol–water partition coefficient (Wildman–Crippen LogP) is 3.73. The number of fused-ring (bicyclic) bond motifs is 2. The molecule has 0 saturated carbocycles. The van der Waals surface area contributed by atoms with Crippen molar-refractivity contribution in [2.75, 3.05) is 32.2 Å². The summed E-state index contributed by atoms with van der Waals surface area (Å²) in [5.41, 5.74) is 3.14. The summed E-state index contributed by atoms with van der Waals surface area (Å²) in [4.78, 5) is 37.3. The van der Waals surface area contributed by atoms with Crippen LogP contribution in [0.2, 0.25) is 0 Å². The molecule has 6 rings (SSSR count). The monoisotopic (exact) mass is 662 g/mol. The lowest BCUT2D eigenvalue weighted by molar-refractivity contribution is -0.199. The summed E-state index contributed by atoms with van der Waals surface area (Å²) in [5, 5.41) is 5.72. The average molecular weight is 663 g/mol. The molecule has 2 aliphatic rings. The molecule has 0 bridgehead atoms. The maximum absolute atomic E-state index is 12.2. The molecule has 4 heterocycles. The quantitative estimate of drug-likeness (QED) is 0.199. The minimum absolute atomic E-state index is 0.133. The number of aromatic nitrogens is 4. The normalized spacial score (nSPS) is 21.0. The number of carbonyl (C=O) groups excluding carboxylic acids is 2. The number of carbonyl (C=O) groups is 2. The number of alkyl carbamates (subject to hydrolysis) is 1. The predicted molar refractivity (Wildman–Crippen MR) is 170 cm³/mol.